The zero-order valence-corrected chi connectivity index (χ0v) is 14.8. The van der Waals surface area contributed by atoms with Gasteiger partial charge in [0.15, 0.2) is 0 Å². The Labute approximate surface area is 150 Å². The highest BCUT2D eigenvalue weighted by Crippen LogP contribution is 2.49. The first-order valence-corrected chi connectivity index (χ1v) is 8.81. The maximum absolute atomic E-state index is 3.87. The van der Waals surface area contributed by atoms with Crippen LogP contribution in [-0.2, 0) is 11.8 Å². The molecule has 1 nitrogen and oxygen atoms in total. The average Bonchev–Trinajstić information content (AvgIpc) is 2.85. The van der Waals surface area contributed by atoms with Gasteiger partial charge >= 0.3 is 0 Å². The van der Waals surface area contributed by atoms with Crippen LogP contribution in [0.25, 0.3) is 11.1 Å². The zero-order chi connectivity index (χ0) is 17.4. The van der Waals surface area contributed by atoms with E-state index in [9.17, 15) is 0 Å². The molecule has 0 saturated carbocycles. The summed E-state index contributed by atoms with van der Waals surface area (Å²) >= 11 is 0. The lowest BCUT2D eigenvalue weighted by Crippen LogP contribution is -2.15. The number of hydrogen-bond donors (Lipinski definition) is 1. The van der Waals surface area contributed by atoms with Crippen molar-refractivity contribution in [2.45, 2.75) is 25.7 Å². The standard InChI is InChI=1S/C24H23N/c1-4-9-17-10-5-8-13-23(17)25-18-14-15-20-19-11-6-7-12-21(19)24(2,3)22(20)16-18/h4-8,10-16,25H,1,9H2,2-3H3. The van der Waals surface area contributed by atoms with Crippen LogP contribution in [0.3, 0.4) is 0 Å². The van der Waals surface area contributed by atoms with Crippen LogP contribution >= 0.6 is 0 Å². The third kappa shape index (κ3) is 2.56. The van der Waals surface area contributed by atoms with Gasteiger partial charge in [0.1, 0.15) is 0 Å². The lowest BCUT2D eigenvalue weighted by molar-refractivity contribution is 0.660. The summed E-state index contributed by atoms with van der Waals surface area (Å²) in [5.74, 6) is 0. The highest BCUT2D eigenvalue weighted by molar-refractivity contribution is 5.83. The molecule has 4 rings (SSSR count). The predicted molar refractivity (Wildman–Crippen MR) is 108 cm³/mol. The molecule has 3 aromatic carbocycles. The van der Waals surface area contributed by atoms with Crippen molar-refractivity contribution in [1.82, 2.24) is 0 Å². The van der Waals surface area contributed by atoms with Gasteiger partial charge in [0.05, 0.1) is 0 Å². The van der Waals surface area contributed by atoms with E-state index in [4.69, 9.17) is 0 Å². The Hall–Kier alpha value is -2.80. The summed E-state index contributed by atoms with van der Waals surface area (Å²) in [5.41, 5.74) is 9.10. The molecule has 124 valence electrons. The van der Waals surface area contributed by atoms with Crippen molar-refractivity contribution in [3.05, 3.63) is 96.1 Å². The summed E-state index contributed by atoms with van der Waals surface area (Å²) in [6.07, 6.45) is 2.81. The van der Waals surface area contributed by atoms with E-state index in [2.05, 4.69) is 92.5 Å². The van der Waals surface area contributed by atoms with Gasteiger partial charge < -0.3 is 5.32 Å². The fourth-order valence-electron chi connectivity index (χ4n) is 3.91. The molecule has 0 atom stereocenters. The van der Waals surface area contributed by atoms with Gasteiger partial charge in [0.2, 0.25) is 0 Å². The van der Waals surface area contributed by atoms with Crippen LogP contribution in [0.5, 0.6) is 0 Å². The first-order valence-electron chi connectivity index (χ1n) is 8.81. The SMILES string of the molecule is C=CCc1ccccc1Nc1ccc2c(c1)C(C)(C)c1ccccc1-2. The Morgan fingerprint density at radius 1 is 0.880 bits per heavy atom. The maximum atomic E-state index is 3.87. The molecular formula is C24H23N. The van der Waals surface area contributed by atoms with E-state index in [1.165, 1.54) is 27.8 Å². The smallest absolute Gasteiger partial charge is 0.0419 e. The lowest BCUT2D eigenvalue weighted by Gasteiger charge is -2.22. The molecule has 0 amide bonds. The van der Waals surface area contributed by atoms with Crippen LogP contribution in [0, 0.1) is 0 Å². The first kappa shape index (κ1) is 15.7. The summed E-state index contributed by atoms with van der Waals surface area (Å²) in [5, 5.41) is 3.60. The van der Waals surface area contributed by atoms with E-state index in [1.807, 2.05) is 6.08 Å². The van der Waals surface area contributed by atoms with Crippen molar-refractivity contribution in [3.63, 3.8) is 0 Å². The third-order valence-corrected chi connectivity index (χ3v) is 5.24. The number of para-hydroxylation sites is 1. The zero-order valence-electron chi connectivity index (χ0n) is 14.8. The van der Waals surface area contributed by atoms with Crippen molar-refractivity contribution < 1.29 is 0 Å². The summed E-state index contributed by atoms with van der Waals surface area (Å²) in [7, 11) is 0. The molecule has 0 saturated heterocycles. The quantitative estimate of drug-likeness (QED) is 0.542. The molecule has 0 aromatic heterocycles. The largest absolute Gasteiger partial charge is 0.355 e. The summed E-state index contributed by atoms with van der Waals surface area (Å²) < 4.78 is 0. The molecule has 1 heteroatoms. The van der Waals surface area contributed by atoms with Crippen LogP contribution in [0.2, 0.25) is 0 Å². The van der Waals surface area contributed by atoms with Gasteiger partial charge in [-0.3, -0.25) is 0 Å². The highest BCUT2D eigenvalue weighted by Gasteiger charge is 2.35. The van der Waals surface area contributed by atoms with E-state index < -0.39 is 0 Å². The Morgan fingerprint density at radius 3 is 2.44 bits per heavy atom. The summed E-state index contributed by atoms with van der Waals surface area (Å²) in [6, 6.07) is 23.9. The molecule has 0 heterocycles. The molecule has 3 aromatic rings. The number of nitrogens with one attached hydrogen (secondary N) is 1. The molecule has 0 fully saturated rings. The monoisotopic (exact) mass is 325 g/mol. The van der Waals surface area contributed by atoms with E-state index in [-0.39, 0.29) is 5.41 Å². The van der Waals surface area contributed by atoms with Gasteiger partial charge in [-0.1, -0.05) is 68.5 Å². The fraction of sp³-hybridized carbons (Fsp3) is 0.167. The second kappa shape index (κ2) is 5.93. The van der Waals surface area contributed by atoms with Gasteiger partial charge in [-0.15, -0.1) is 6.58 Å². The number of rotatable bonds is 4. The molecule has 0 unspecified atom stereocenters. The molecule has 1 N–H and O–H groups in total. The molecule has 0 radical (unpaired) electrons. The second-order valence-corrected chi connectivity index (χ2v) is 7.21. The third-order valence-electron chi connectivity index (χ3n) is 5.24. The summed E-state index contributed by atoms with van der Waals surface area (Å²) in [6.45, 7) is 8.49. The van der Waals surface area contributed by atoms with Crippen molar-refractivity contribution in [2.24, 2.45) is 0 Å². The van der Waals surface area contributed by atoms with Crippen LogP contribution in [0.1, 0.15) is 30.5 Å². The Morgan fingerprint density at radius 2 is 1.60 bits per heavy atom. The number of anilines is 2. The Bertz CT molecular complexity index is 950. The van der Waals surface area contributed by atoms with Gasteiger partial charge in [0.25, 0.3) is 0 Å². The van der Waals surface area contributed by atoms with Gasteiger partial charge in [-0.25, -0.2) is 0 Å². The number of allylic oxidation sites excluding steroid dienone is 1. The topological polar surface area (TPSA) is 12.0 Å². The Balaban J connectivity index is 1.75. The van der Waals surface area contributed by atoms with Crippen LogP contribution in [-0.4, -0.2) is 0 Å². The van der Waals surface area contributed by atoms with Crippen LogP contribution in [0.15, 0.2) is 79.4 Å². The minimum atomic E-state index is 0.0320. The van der Waals surface area contributed by atoms with Crippen LogP contribution < -0.4 is 5.32 Å². The Kier molecular flexibility index (Phi) is 3.73. The van der Waals surface area contributed by atoms with Crippen molar-refractivity contribution >= 4 is 11.4 Å². The van der Waals surface area contributed by atoms with Gasteiger partial charge in [-0.05, 0) is 52.4 Å². The van der Waals surface area contributed by atoms with Crippen molar-refractivity contribution in [1.29, 1.82) is 0 Å². The van der Waals surface area contributed by atoms with Gasteiger partial charge in [0, 0.05) is 16.8 Å². The fourth-order valence-corrected chi connectivity index (χ4v) is 3.91. The van der Waals surface area contributed by atoms with E-state index in [1.54, 1.807) is 0 Å². The second-order valence-electron chi connectivity index (χ2n) is 7.21. The molecule has 0 bridgehead atoms. The normalized spacial score (nSPS) is 13.8. The maximum Gasteiger partial charge on any atom is 0.0419 e. The minimum Gasteiger partial charge on any atom is -0.355 e. The van der Waals surface area contributed by atoms with E-state index in [0.717, 1.165) is 17.8 Å². The molecule has 1 aliphatic rings. The van der Waals surface area contributed by atoms with E-state index in [0.29, 0.717) is 0 Å². The van der Waals surface area contributed by atoms with Crippen LogP contribution in [0.4, 0.5) is 11.4 Å². The average molecular weight is 325 g/mol. The molecule has 0 spiro atoms. The lowest BCUT2D eigenvalue weighted by atomic mass is 9.82. The number of fused-ring (bicyclic) bond motifs is 3. The van der Waals surface area contributed by atoms with Crippen molar-refractivity contribution in [3.8, 4) is 11.1 Å². The molecule has 25 heavy (non-hydrogen) atoms. The predicted octanol–water partition coefficient (Wildman–Crippen LogP) is 6.47. The van der Waals surface area contributed by atoms with E-state index >= 15 is 0 Å². The van der Waals surface area contributed by atoms with Gasteiger partial charge in [-0.2, -0.15) is 0 Å². The first-order chi connectivity index (χ1) is 12.1. The highest BCUT2D eigenvalue weighted by atomic mass is 14.9. The minimum absolute atomic E-state index is 0.0320. The number of benzene rings is 3. The van der Waals surface area contributed by atoms with Crippen molar-refractivity contribution in [2.75, 3.05) is 5.32 Å². The summed E-state index contributed by atoms with van der Waals surface area (Å²) in [4.78, 5) is 0. The molecule has 0 aliphatic heterocycles. The molecular weight excluding hydrogens is 302 g/mol. The molecule has 1 aliphatic carbocycles. The number of hydrogen-bond acceptors (Lipinski definition) is 1.